The van der Waals surface area contributed by atoms with Gasteiger partial charge in [0.2, 0.25) is 0 Å². The third-order valence-corrected chi connectivity index (χ3v) is 6.24. The summed E-state index contributed by atoms with van der Waals surface area (Å²) in [5.41, 5.74) is 2.80. The lowest BCUT2D eigenvalue weighted by Gasteiger charge is -2.36. The number of nitrogens with zero attached hydrogens (tertiary/aromatic N) is 2. The van der Waals surface area contributed by atoms with E-state index in [9.17, 15) is 0 Å². The van der Waals surface area contributed by atoms with Gasteiger partial charge in [0.25, 0.3) is 0 Å². The first-order valence-corrected chi connectivity index (χ1v) is 11.1. The van der Waals surface area contributed by atoms with Crippen molar-refractivity contribution in [3.8, 4) is 0 Å². The molecule has 140 valence electrons. The smallest absolute Gasteiger partial charge is 0.114 e. The van der Waals surface area contributed by atoms with Crippen LogP contribution in [0.4, 0.5) is 0 Å². The zero-order chi connectivity index (χ0) is 18.9. The van der Waals surface area contributed by atoms with Gasteiger partial charge >= 0.3 is 0 Å². The van der Waals surface area contributed by atoms with Crippen molar-refractivity contribution in [3.05, 3.63) is 58.3 Å². The van der Waals surface area contributed by atoms with Crippen LogP contribution in [0.15, 0.2) is 52.7 Å². The third kappa shape index (κ3) is 4.01. The van der Waals surface area contributed by atoms with Gasteiger partial charge in [0.1, 0.15) is 5.82 Å². The predicted octanol–water partition coefficient (Wildman–Crippen LogP) is 5.47. The van der Waals surface area contributed by atoms with E-state index in [4.69, 9.17) is 12.2 Å². The van der Waals surface area contributed by atoms with Gasteiger partial charge in [-0.2, -0.15) is 0 Å². The van der Waals surface area contributed by atoms with Crippen LogP contribution in [0, 0.1) is 5.41 Å². The van der Waals surface area contributed by atoms with Crippen molar-refractivity contribution >= 4 is 28.8 Å². The summed E-state index contributed by atoms with van der Waals surface area (Å²) in [6.45, 7) is 12.2. The van der Waals surface area contributed by atoms with Crippen LogP contribution in [0.25, 0.3) is 0 Å². The van der Waals surface area contributed by atoms with E-state index in [-0.39, 0.29) is 5.41 Å². The summed E-state index contributed by atoms with van der Waals surface area (Å²) in [5, 5.41) is 0. The first kappa shape index (κ1) is 19.5. The predicted molar refractivity (Wildman–Crippen MR) is 118 cm³/mol. The zero-order valence-electron chi connectivity index (χ0n) is 16.6. The Labute approximate surface area is 168 Å². The fraction of sp³-hybridized carbons (Fsp3) is 0.500. The van der Waals surface area contributed by atoms with E-state index in [2.05, 4.69) is 80.2 Å². The minimum absolute atomic E-state index is 0.144. The molecule has 1 saturated heterocycles. The van der Waals surface area contributed by atoms with Gasteiger partial charge in [-0.15, -0.1) is 11.8 Å². The Morgan fingerprint density at radius 3 is 2.46 bits per heavy atom. The maximum atomic E-state index is 5.95. The number of hydrogen-bond acceptors (Lipinski definition) is 4. The summed E-state index contributed by atoms with van der Waals surface area (Å²) in [5.74, 6) is 1.34. The highest BCUT2D eigenvalue weighted by atomic mass is 32.2. The van der Waals surface area contributed by atoms with Crippen molar-refractivity contribution in [2.75, 3.05) is 19.3 Å². The van der Waals surface area contributed by atoms with Crippen molar-refractivity contribution in [1.82, 2.24) is 9.80 Å². The highest BCUT2D eigenvalue weighted by Crippen LogP contribution is 2.42. The lowest BCUT2D eigenvalue weighted by molar-refractivity contribution is 0.287. The normalized spacial score (nSPS) is 23.0. The molecular formula is C22H30N2S2. The Bertz CT molecular complexity index is 732. The number of allylic oxidation sites excluding steroid dienone is 2. The summed E-state index contributed by atoms with van der Waals surface area (Å²) in [6.07, 6.45) is 5.55. The molecule has 1 aromatic carbocycles. The monoisotopic (exact) mass is 386 g/mol. The van der Waals surface area contributed by atoms with Crippen LogP contribution >= 0.6 is 24.0 Å². The van der Waals surface area contributed by atoms with Gasteiger partial charge in [-0.1, -0.05) is 62.5 Å². The van der Waals surface area contributed by atoms with Crippen molar-refractivity contribution in [3.63, 3.8) is 0 Å². The minimum atomic E-state index is 0.144. The molecule has 1 aliphatic heterocycles. The largest absolute Gasteiger partial charge is 0.354 e. The SMILES string of the molecule is CSC1=CC(C)(C)CC(=S)/C1=C1/N(Cc2ccccc2)CCN1C(C)C. The summed E-state index contributed by atoms with van der Waals surface area (Å²) in [7, 11) is 0. The molecule has 2 aliphatic rings. The fourth-order valence-corrected chi connectivity index (χ4v) is 5.39. The molecule has 1 fully saturated rings. The lowest BCUT2D eigenvalue weighted by atomic mass is 9.80. The quantitative estimate of drug-likeness (QED) is 0.500. The minimum Gasteiger partial charge on any atom is -0.354 e. The molecule has 0 saturated carbocycles. The molecule has 1 heterocycles. The molecule has 0 N–H and O–H groups in total. The summed E-state index contributed by atoms with van der Waals surface area (Å²) >= 11 is 7.78. The highest BCUT2D eigenvalue weighted by molar-refractivity contribution is 8.02. The van der Waals surface area contributed by atoms with Gasteiger partial charge in [0, 0.05) is 41.0 Å². The maximum absolute atomic E-state index is 5.95. The number of benzene rings is 1. The van der Waals surface area contributed by atoms with Crippen LogP contribution in [0.2, 0.25) is 0 Å². The number of thioether (sulfide) groups is 1. The molecular weight excluding hydrogens is 356 g/mol. The standard InChI is InChI=1S/C22H30N2S2/c1-16(2)24-12-11-23(15-17-9-7-6-8-10-17)21(24)20-18(25)13-22(3,4)14-19(20)26-5/h6-10,14,16H,11-13,15H2,1-5H3/b21-20+. The molecule has 0 unspecified atom stereocenters. The topological polar surface area (TPSA) is 6.48 Å². The summed E-state index contributed by atoms with van der Waals surface area (Å²) < 4.78 is 0. The van der Waals surface area contributed by atoms with E-state index in [1.54, 1.807) is 0 Å². The molecule has 1 aromatic rings. The van der Waals surface area contributed by atoms with Gasteiger partial charge in [0.05, 0.1) is 0 Å². The van der Waals surface area contributed by atoms with Crippen molar-refractivity contribution < 1.29 is 0 Å². The first-order chi connectivity index (χ1) is 12.3. The fourth-order valence-electron chi connectivity index (χ4n) is 3.90. The van der Waals surface area contributed by atoms with E-state index < -0.39 is 0 Å². The zero-order valence-corrected chi connectivity index (χ0v) is 18.2. The van der Waals surface area contributed by atoms with Crippen molar-refractivity contribution in [1.29, 1.82) is 0 Å². The van der Waals surface area contributed by atoms with E-state index in [1.165, 1.54) is 21.9 Å². The van der Waals surface area contributed by atoms with Gasteiger partial charge < -0.3 is 9.80 Å². The Kier molecular flexibility index (Phi) is 5.83. The van der Waals surface area contributed by atoms with Crippen LogP contribution in [-0.4, -0.2) is 40.1 Å². The molecule has 1 aliphatic carbocycles. The molecule has 0 bridgehead atoms. The molecule has 0 spiro atoms. The van der Waals surface area contributed by atoms with Gasteiger partial charge in [-0.3, -0.25) is 0 Å². The van der Waals surface area contributed by atoms with E-state index >= 15 is 0 Å². The Hall–Kier alpha value is -1.26. The van der Waals surface area contributed by atoms with Gasteiger partial charge in [0.15, 0.2) is 0 Å². The molecule has 4 heteroatoms. The second-order valence-electron chi connectivity index (χ2n) is 8.19. The Morgan fingerprint density at radius 2 is 1.85 bits per heavy atom. The van der Waals surface area contributed by atoms with E-state index in [1.807, 2.05) is 11.8 Å². The average molecular weight is 387 g/mol. The molecule has 26 heavy (non-hydrogen) atoms. The summed E-state index contributed by atoms with van der Waals surface area (Å²) in [4.78, 5) is 7.51. The molecule has 2 nitrogen and oxygen atoms in total. The lowest BCUT2D eigenvalue weighted by Crippen LogP contribution is -2.33. The second kappa shape index (κ2) is 7.77. The number of thiocarbonyl (C=S) groups is 1. The van der Waals surface area contributed by atoms with Crippen LogP contribution < -0.4 is 0 Å². The van der Waals surface area contributed by atoms with Crippen molar-refractivity contribution in [2.24, 2.45) is 5.41 Å². The number of hydrogen-bond donors (Lipinski definition) is 0. The molecule has 0 atom stereocenters. The van der Waals surface area contributed by atoms with Crippen LogP contribution in [0.1, 0.15) is 39.7 Å². The first-order valence-electron chi connectivity index (χ1n) is 9.42. The Morgan fingerprint density at radius 1 is 1.15 bits per heavy atom. The third-order valence-electron chi connectivity index (χ3n) is 5.13. The molecule has 0 aromatic heterocycles. The van der Waals surface area contributed by atoms with Gasteiger partial charge in [-0.25, -0.2) is 0 Å². The van der Waals surface area contributed by atoms with E-state index in [0.717, 1.165) is 30.9 Å². The summed E-state index contributed by atoms with van der Waals surface area (Å²) in [6, 6.07) is 11.2. The number of rotatable bonds is 4. The molecule has 0 radical (unpaired) electrons. The van der Waals surface area contributed by atoms with Crippen LogP contribution in [0.3, 0.4) is 0 Å². The van der Waals surface area contributed by atoms with Crippen LogP contribution in [-0.2, 0) is 6.54 Å². The van der Waals surface area contributed by atoms with E-state index in [0.29, 0.717) is 6.04 Å². The second-order valence-corrected chi connectivity index (χ2v) is 9.54. The Balaban J connectivity index is 2.08. The molecule has 3 rings (SSSR count). The van der Waals surface area contributed by atoms with Crippen LogP contribution in [0.5, 0.6) is 0 Å². The average Bonchev–Trinajstić information content (AvgIpc) is 2.97. The van der Waals surface area contributed by atoms with Crippen molar-refractivity contribution in [2.45, 2.75) is 46.7 Å². The van der Waals surface area contributed by atoms with Gasteiger partial charge in [-0.05, 0) is 37.5 Å². The highest BCUT2D eigenvalue weighted by Gasteiger charge is 2.36. The maximum Gasteiger partial charge on any atom is 0.114 e. The molecule has 0 amide bonds.